The summed E-state index contributed by atoms with van der Waals surface area (Å²) in [6.07, 6.45) is -2.24. The second-order valence-corrected chi connectivity index (χ2v) is 5.55. The molecule has 0 spiro atoms. The highest BCUT2D eigenvalue weighted by Gasteiger charge is 2.34. The van der Waals surface area contributed by atoms with Gasteiger partial charge < -0.3 is 5.32 Å². The highest BCUT2D eigenvalue weighted by molar-refractivity contribution is 7.99. The molecule has 1 unspecified atom stereocenters. The van der Waals surface area contributed by atoms with Gasteiger partial charge in [0.05, 0.1) is 4.92 Å². The van der Waals surface area contributed by atoms with Gasteiger partial charge in [-0.2, -0.15) is 24.9 Å². The van der Waals surface area contributed by atoms with Gasteiger partial charge >= 0.3 is 11.9 Å². The molecule has 5 nitrogen and oxygen atoms in total. The molecular weight excluding hydrogens is 295 g/mol. The highest BCUT2D eigenvalue weighted by atomic mass is 32.2. The number of halogens is 3. The lowest BCUT2D eigenvalue weighted by molar-refractivity contribution is -0.384. The summed E-state index contributed by atoms with van der Waals surface area (Å²) < 4.78 is 37.8. The molecule has 1 aliphatic heterocycles. The molecule has 1 aromatic heterocycles. The van der Waals surface area contributed by atoms with E-state index in [4.69, 9.17) is 0 Å². The smallest absolute Gasteiger partial charge is 0.376 e. The Hall–Kier alpha value is -1.51. The van der Waals surface area contributed by atoms with Crippen LogP contribution in [0.4, 0.5) is 24.5 Å². The van der Waals surface area contributed by atoms with E-state index >= 15 is 0 Å². The molecular formula is C11H12F3N3O2S. The number of pyridine rings is 1. The van der Waals surface area contributed by atoms with Gasteiger partial charge in [-0.15, -0.1) is 0 Å². The first-order valence-electron chi connectivity index (χ1n) is 5.94. The van der Waals surface area contributed by atoms with E-state index in [2.05, 4.69) is 10.3 Å². The molecule has 0 saturated carbocycles. The van der Waals surface area contributed by atoms with E-state index < -0.39 is 22.5 Å². The van der Waals surface area contributed by atoms with Crippen LogP contribution in [0, 0.1) is 10.1 Å². The monoisotopic (exact) mass is 307 g/mol. The van der Waals surface area contributed by atoms with E-state index in [9.17, 15) is 23.3 Å². The van der Waals surface area contributed by atoms with Crippen molar-refractivity contribution in [1.29, 1.82) is 0 Å². The average Bonchev–Trinajstić information content (AvgIpc) is 2.38. The van der Waals surface area contributed by atoms with Crippen molar-refractivity contribution in [2.24, 2.45) is 0 Å². The first kappa shape index (κ1) is 14.9. The Bertz CT molecular complexity index is 504. The predicted molar refractivity (Wildman–Crippen MR) is 69.9 cm³/mol. The minimum Gasteiger partial charge on any atom is -0.376 e. The van der Waals surface area contributed by atoms with Crippen molar-refractivity contribution in [3.63, 3.8) is 0 Å². The normalized spacial score (nSPS) is 19.6. The van der Waals surface area contributed by atoms with Crippen LogP contribution >= 0.6 is 11.8 Å². The summed E-state index contributed by atoms with van der Waals surface area (Å²) >= 11 is 1.68. The van der Waals surface area contributed by atoms with Crippen molar-refractivity contribution in [2.45, 2.75) is 25.1 Å². The molecule has 1 fully saturated rings. The molecule has 0 aliphatic carbocycles. The summed E-state index contributed by atoms with van der Waals surface area (Å²) in [6.45, 7) is 0. The first-order chi connectivity index (χ1) is 9.38. The maximum Gasteiger partial charge on any atom is 0.433 e. The summed E-state index contributed by atoms with van der Waals surface area (Å²) in [4.78, 5) is 13.2. The van der Waals surface area contributed by atoms with Gasteiger partial charge in [0.2, 0.25) is 0 Å². The third-order valence-electron chi connectivity index (χ3n) is 2.89. The summed E-state index contributed by atoms with van der Waals surface area (Å²) in [5.74, 6) is 1.73. The van der Waals surface area contributed by atoms with Crippen LogP contribution in [0.1, 0.15) is 18.5 Å². The Kier molecular flexibility index (Phi) is 4.36. The number of hydrogen-bond donors (Lipinski definition) is 1. The second-order valence-electron chi connectivity index (χ2n) is 4.40. The van der Waals surface area contributed by atoms with Gasteiger partial charge in [-0.1, -0.05) is 0 Å². The molecule has 2 heterocycles. The standard InChI is InChI=1S/C11H12F3N3O2S/c12-11(13,14)10-4-8(9(5-15-10)17(18)19)16-7-2-1-3-20-6-7/h4-5,7H,1-3,6H2,(H,15,16). The van der Waals surface area contributed by atoms with Gasteiger partial charge in [0.25, 0.3) is 0 Å². The van der Waals surface area contributed by atoms with Crippen LogP contribution in [-0.2, 0) is 6.18 Å². The fourth-order valence-electron chi connectivity index (χ4n) is 1.94. The van der Waals surface area contributed by atoms with Gasteiger partial charge in [0.1, 0.15) is 17.6 Å². The molecule has 0 radical (unpaired) electrons. The third kappa shape index (κ3) is 3.53. The lowest BCUT2D eigenvalue weighted by Crippen LogP contribution is -2.26. The zero-order chi connectivity index (χ0) is 14.8. The Morgan fingerprint density at radius 2 is 2.25 bits per heavy atom. The van der Waals surface area contributed by atoms with E-state index in [-0.39, 0.29) is 11.7 Å². The lowest BCUT2D eigenvalue weighted by Gasteiger charge is -2.23. The number of alkyl halides is 3. The number of nitrogens with one attached hydrogen (secondary N) is 1. The molecule has 0 aromatic carbocycles. The predicted octanol–water partition coefficient (Wildman–Crippen LogP) is 3.32. The van der Waals surface area contributed by atoms with Crippen molar-refractivity contribution in [1.82, 2.24) is 4.98 Å². The zero-order valence-corrected chi connectivity index (χ0v) is 11.1. The van der Waals surface area contributed by atoms with E-state index in [1.54, 1.807) is 11.8 Å². The molecule has 1 atom stereocenters. The van der Waals surface area contributed by atoms with Crippen molar-refractivity contribution >= 4 is 23.1 Å². The summed E-state index contributed by atoms with van der Waals surface area (Å²) in [6, 6.07) is 0.646. The topological polar surface area (TPSA) is 68.1 Å². The van der Waals surface area contributed by atoms with Crippen LogP contribution in [0.5, 0.6) is 0 Å². The SMILES string of the molecule is O=[N+]([O-])c1cnc(C(F)(F)F)cc1NC1CCCSC1. The third-order valence-corrected chi connectivity index (χ3v) is 4.11. The fraction of sp³-hybridized carbons (Fsp3) is 0.545. The number of thioether (sulfide) groups is 1. The Labute approximate surface area is 117 Å². The quantitative estimate of drug-likeness (QED) is 0.685. The Balaban J connectivity index is 2.29. The molecule has 0 bridgehead atoms. The van der Waals surface area contributed by atoms with Gasteiger partial charge in [0.15, 0.2) is 0 Å². The maximum absolute atomic E-state index is 12.6. The first-order valence-corrected chi connectivity index (χ1v) is 7.09. The second kappa shape index (κ2) is 5.86. The van der Waals surface area contributed by atoms with Crippen LogP contribution in [0.3, 0.4) is 0 Å². The summed E-state index contributed by atoms with van der Waals surface area (Å²) in [7, 11) is 0. The minimum atomic E-state index is -4.62. The Morgan fingerprint density at radius 3 is 2.80 bits per heavy atom. The van der Waals surface area contributed by atoms with Gasteiger partial charge in [0, 0.05) is 11.8 Å². The van der Waals surface area contributed by atoms with Crippen molar-refractivity contribution in [2.75, 3.05) is 16.8 Å². The van der Waals surface area contributed by atoms with Crippen LogP contribution in [0.2, 0.25) is 0 Å². The molecule has 2 rings (SSSR count). The van der Waals surface area contributed by atoms with E-state index in [0.717, 1.165) is 24.3 Å². The molecule has 1 saturated heterocycles. The Morgan fingerprint density at radius 1 is 1.50 bits per heavy atom. The number of nitrogens with zero attached hydrogens (tertiary/aromatic N) is 2. The van der Waals surface area contributed by atoms with Crippen LogP contribution in [-0.4, -0.2) is 27.5 Å². The molecule has 110 valence electrons. The largest absolute Gasteiger partial charge is 0.433 e. The van der Waals surface area contributed by atoms with Crippen molar-refractivity contribution < 1.29 is 18.1 Å². The number of aromatic nitrogens is 1. The van der Waals surface area contributed by atoms with Crippen molar-refractivity contribution in [3.05, 3.63) is 28.1 Å². The summed E-state index contributed by atoms with van der Waals surface area (Å²) in [5.41, 5.74) is -1.69. The fourth-order valence-corrected chi connectivity index (χ4v) is 3.01. The van der Waals surface area contributed by atoms with E-state index in [1.807, 2.05) is 0 Å². The van der Waals surface area contributed by atoms with Crippen molar-refractivity contribution in [3.8, 4) is 0 Å². The number of hydrogen-bond acceptors (Lipinski definition) is 5. The number of anilines is 1. The average molecular weight is 307 g/mol. The lowest BCUT2D eigenvalue weighted by atomic mass is 10.1. The molecule has 1 aromatic rings. The molecule has 9 heteroatoms. The van der Waals surface area contributed by atoms with Crippen LogP contribution in [0.15, 0.2) is 12.3 Å². The van der Waals surface area contributed by atoms with Gasteiger partial charge in [-0.25, -0.2) is 4.98 Å². The van der Waals surface area contributed by atoms with E-state index in [0.29, 0.717) is 12.3 Å². The number of rotatable bonds is 3. The molecule has 1 aliphatic rings. The highest BCUT2D eigenvalue weighted by Crippen LogP contribution is 2.34. The maximum atomic E-state index is 12.6. The molecule has 1 N–H and O–H groups in total. The van der Waals surface area contributed by atoms with Gasteiger partial charge in [-0.05, 0) is 24.7 Å². The zero-order valence-electron chi connectivity index (χ0n) is 10.3. The molecule has 20 heavy (non-hydrogen) atoms. The number of nitro groups is 1. The van der Waals surface area contributed by atoms with Crippen LogP contribution in [0.25, 0.3) is 0 Å². The molecule has 0 amide bonds. The van der Waals surface area contributed by atoms with Crippen LogP contribution < -0.4 is 5.32 Å². The summed E-state index contributed by atoms with van der Waals surface area (Å²) in [5, 5.41) is 13.7. The van der Waals surface area contributed by atoms with Gasteiger partial charge in [-0.3, -0.25) is 10.1 Å². The van der Waals surface area contributed by atoms with E-state index in [1.165, 1.54) is 0 Å². The minimum absolute atomic E-state index is 0.0593.